The number of benzene rings is 1. The van der Waals surface area contributed by atoms with Crippen molar-refractivity contribution in [1.29, 1.82) is 0 Å². The Labute approximate surface area is 118 Å². The maximum Gasteiger partial charge on any atom is 0.294 e. The Hall–Kier alpha value is -1.91. The van der Waals surface area contributed by atoms with Crippen LogP contribution in [-0.2, 0) is 17.7 Å². The lowest BCUT2D eigenvalue weighted by molar-refractivity contribution is -0.757. The first-order valence-electron chi connectivity index (χ1n) is 6.68. The molecule has 2 rings (SSSR count). The molecule has 0 N–H and O–H groups in total. The summed E-state index contributed by atoms with van der Waals surface area (Å²) in [5.74, 6) is 0.187. The van der Waals surface area contributed by atoms with E-state index in [1.54, 1.807) is 0 Å². The first-order valence-corrected chi connectivity index (χ1v) is 6.68. The van der Waals surface area contributed by atoms with Gasteiger partial charge in [0.2, 0.25) is 0 Å². The predicted octanol–water partition coefficient (Wildman–Crippen LogP) is 2.82. The second-order valence-electron chi connectivity index (χ2n) is 6.02. The van der Waals surface area contributed by atoms with Gasteiger partial charge in [-0.25, -0.2) is 0 Å². The summed E-state index contributed by atoms with van der Waals surface area (Å²) < 4.78 is 0. The number of carbonyl (C=O) groups excluding carboxylic acids is 1. The summed E-state index contributed by atoms with van der Waals surface area (Å²) in [4.78, 5) is 26.9. The van der Waals surface area contributed by atoms with E-state index in [0.29, 0.717) is 6.42 Å². The summed E-state index contributed by atoms with van der Waals surface area (Å²) in [5.41, 5.74) is 4.67. The quantitative estimate of drug-likeness (QED) is 0.626. The number of hydrogen-bond donors (Lipinski definition) is 0. The monoisotopic (exact) mass is 277 g/mol. The van der Waals surface area contributed by atoms with Crippen LogP contribution in [0.2, 0.25) is 0 Å². The maximum absolute atomic E-state index is 12.3. The molecule has 0 atom stereocenters. The Morgan fingerprint density at radius 2 is 2.05 bits per heavy atom. The van der Waals surface area contributed by atoms with Crippen molar-refractivity contribution in [3.8, 4) is 0 Å². The van der Waals surface area contributed by atoms with Crippen molar-refractivity contribution in [2.75, 3.05) is 6.61 Å². The minimum absolute atomic E-state index is 0.0464. The average Bonchev–Trinajstić information content (AvgIpc) is 2.56. The molecular weight excluding hydrogens is 258 g/mol. The van der Waals surface area contributed by atoms with Gasteiger partial charge < -0.3 is 4.84 Å². The van der Waals surface area contributed by atoms with Crippen LogP contribution in [0.1, 0.15) is 46.5 Å². The Bertz CT molecular complexity index is 590. The van der Waals surface area contributed by atoms with Crippen LogP contribution in [0.4, 0.5) is 0 Å². The number of rotatable bonds is 4. The SMILES string of the molecule is Cc1cc2c(c(C)c1CCO[N+](=O)[O-])CC(C)(C)C2=O. The largest absolute Gasteiger partial charge is 0.314 e. The first-order chi connectivity index (χ1) is 9.24. The number of aryl methyl sites for hydroxylation is 1. The summed E-state index contributed by atoms with van der Waals surface area (Å²) in [6.07, 6.45) is 1.22. The number of ketones is 1. The fraction of sp³-hybridized carbons (Fsp3) is 0.533. The van der Waals surface area contributed by atoms with Crippen LogP contribution >= 0.6 is 0 Å². The minimum atomic E-state index is -0.773. The summed E-state index contributed by atoms with van der Waals surface area (Å²) in [6, 6.07) is 1.92. The molecule has 5 nitrogen and oxygen atoms in total. The van der Waals surface area contributed by atoms with Crippen LogP contribution in [0, 0.1) is 29.4 Å². The van der Waals surface area contributed by atoms with E-state index in [-0.39, 0.29) is 17.8 Å². The molecule has 0 saturated carbocycles. The summed E-state index contributed by atoms with van der Waals surface area (Å²) >= 11 is 0. The summed E-state index contributed by atoms with van der Waals surface area (Å²) in [6.45, 7) is 7.89. The fourth-order valence-corrected chi connectivity index (χ4v) is 2.99. The number of fused-ring (bicyclic) bond motifs is 1. The van der Waals surface area contributed by atoms with Crippen LogP contribution in [0.25, 0.3) is 0 Å². The zero-order chi connectivity index (χ0) is 15.1. The van der Waals surface area contributed by atoms with E-state index >= 15 is 0 Å². The van der Waals surface area contributed by atoms with Gasteiger partial charge in [0.1, 0.15) is 6.61 Å². The van der Waals surface area contributed by atoms with Gasteiger partial charge in [-0.05, 0) is 55.0 Å². The highest BCUT2D eigenvalue weighted by Gasteiger charge is 2.38. The van der Waals surface area contributed by atoms with Gasteiger partial charge in [0.25, 0.3) is 5.09 Å². The zero-order valence-corrected chi connectivity index (χ0v) is 12.3. The second-order valence-corrected chi connectivity index (χ2v) is 6.02. The summed E-state index contributed by atoms with van der Waals surface area (Å²) in [5, 5.41) is 9.44. The molecule has 0 radical (unpaired) electrons. The molecule has 0 fully saturated rings. The van der Waals surface area contributed by atoms with Crippen LogP contribution in [0.3, 0.4) is 0 Å². The van der Waals surface area contributed by atoms with Gasteiger partial charge in [0.05, 0.1) is 0 Å². The molecule has 0 spiro atoms. The van der Waals surface area contributed by atoms with E-state index in [2.05, 4.69) is 4.84 Å². The van der Waals surface area contributed by atoms with Crippen LogP contribution in [0.5, 0.6) is 0 Å². The molecular formula is C15H19NO4. The number of Topliss-reactive ketones (excluding diaryl/α,β-unsaturated/α-hetero) is 1. The van der Waals surface area contributed by atoms with Crippen molar-refractivity contribution >= 4 is 5.78 Å². The van der Waals surface area contributed by atoms with E-state index in [1.807, 2.05) is 33.8 Å². The van der Waals surface area contributed by atoms with Crippen molar-refractivity contribution in [2.24, 2.45) is 5.41 Å². The van der Waals surface area contributed by atoms with Crippen LogP contribution in [0.15, 0.2) is 6.07 Å². The summed E-state index contributed by atoms with van der Waals surface area (Å²) in [7, 11) is 0. The molecule has 1 aromatic carbocycles. The van der Waals surface area contributed by atoms with Crippen LogP contribution < -0.4 is 0 Å². The average molecular weight is 277 g/mol. The molecule has 1 aliphatic carbocycles. The molecule has 0 bridgehead atoms. The van der Waals surface area contributed by atoms with Crippen molar-refractivity contribution < 1.29 is 14.7 Å². The molecule has 1 aromatic rings. The Balaban J connectivity index is 2.34. The van der Waals surface area contributed by atoms with Gasteiger partial charge in [-0.3, -0.25) is 4.79 Å². The van der Waals surface area contributed by atoms with Crippen molar-refractivity contribution in [3.05, 3.63) is 44.0 Å². The third kappa shape index (κ3) is 2.40. The van der Waals surface area contributed by atoms with Gasteiger partial charge in [0, 0.05) is 11.0 Å². The molecule has 0 aliphatic heterocycles. The van der Waals surface area contributed by atoms with Gasteiger partial charge in [0.15, 0.2) is 5.78 Å². The fourth-order valence-electron chi connectivity index (χ4n) is 2.99. The third-order valence-electron chi connectivity index (χ3n) is 4.09. The highest BCUT2D eigenvalue weighted by molar-refractivity contribution is 6.05. The van der Waals surface area contributed by atoms with Gasteiger partial charge in [-0.15, -0.1) is 10.1 Å². The molecule has 5 heteroatoms. The Morgan fingerprint density at radius 3 is 2.65 bits per heavy atom. The smallest absolute Gasteiger partial charge is 0.294 e. The predicted molar refractivity (Wildman–Crippen MR) is 74.4 cm³/mol. The molecule has 0 saturated heterocycles. The Kier molecular flexibility index (Phi) is 3.54. The van der Waals surface area contributed by atoms with Gasteiger partial charge in [-0.2, -0.15) is 0 Å². The van der Waals surface area contributed by atoms with Crippen molar-refractivity contribution in [2.45, 2.75) is 40.5 Å². The standard InChI is InChI=1S/C15H19NO4/c1-9-7-12-13(8-15(3,4)14(12)17)10(2)11(9)5-6-20-16(18)19/h7H,5-6,8H2,1-4H3. The lowest BCUT2D eigenvalue weighted by Crippen LogP contribution is -2.18. The van der Waals surface area contributed by atoms with E-state index in [1.165, 1.54) is 0 Å². The molecule has 1 aliphatic rings. The van der Waals surface area contributed by atoms with E-state index in [9.17, 15) is 14.9 Å². The highest BCUT2D eigenvalue weighted by atomic mass is 16.9. The van der Waals surface area contributed by atoms with Crippen molar-refractivity contribution in [3.63, 3.8) is 0 Å². The van der Waals surface area contributed by atoms with Crippen LogP contribution in [-0.4, -0.2) is 17.5 Å². The molecule has 20 heavy (non-hydrogen) atoms. The normalized spacial score (nSPS) is 16.1. The first kappa shape index (κ1) is 14.5. The second kappa shape index (κ2) is 4.89. The number of carbonyl (C=O) groups is 1. The molecule has 0 aromatic heterocycles. The number of hydrogen-bond acceptors (Lipinski definition) is 4. The lowest BCUT2D eigenvalue weighted by atomic mass is 9.88. The minimum Gasteiger partial charge on any atom is -0.314 e. The number of nitrogens with zero attached hydrogens (tertiary/aromatic N) is 1. The third-order valence-corrected chi connectivity index (χ3v) is 4.09. The maximum atomic E-state index is 12.3. The van der Waals surface area contributed by atoms with Gasteiger partial charge in [-0.1, -0.05) is 13.8 Å². The Morgan fingerprint density at radius 1 is 1.40 bits per heavy atom. The molecule has 0 heterocycles. The highest BCUT2D eigenvalue weighted by Crippen LogP contribution is 2.39. The van der Waals surface area contributed by atoms with E-state index in [0.717, 1.165) is 34.2 Å². The molecule has 0 unspecified atom stereocenters. The zero-order valence-electron chi connectivity index (χ0n) is 12.3. The van der Waals surface area contributed by atoms with E-state index in [4.69, 9.17) is 0 Å². The molecule has 0 amide bonds. The molecule has 108 valence electrons. The van der Waals surface area contributed by atoms with E-state index < -0.39 is 5.09 Å². The topological polar surface area (TPSA) is 69.4 Å². The van der Waals surface area contributed by atoms with Gasteiger partial charge >= 0.3 is 0 Å². The lowest BCUT2D eigenvalue weighted by Gasteiger charge is -2.14. The van der Waals surface area contributed by atoms with Crippen molar-refractivity contribution in [1.82, 2.24) is 0 Å².